The monoisotopic (exact) mass is 198 g/mol. The summed E-state index contributed by atoms with van der Waals surface area (Å²) in [4.78, 5) is 0. The molecule has 0 spiro atoms. The third-order valence-corrected chi connectivity index (χ3v) is 3.70. The van der Waals surface area contributed by atoms with Crippen molar-refractivity contribution in [1.82, 2.24) is 0 Å². The van der Waals surface area contributed by atoms with E-state index in [0.717, 1.165) is 0 Å². The van der Waals surface area contributed by atoms with Crippen LogP contribution >= 0.6 is 0 Å². The summed E-state index contributed by atoms with van der Waals surface area (Å²) in [6.45, 7) is 7.37. The van der Waals surface area contributed by atoms with Crippen LogP contribution in [0.15, 0.2) is 24.8 Å². The van der Waals surface area contributed by atoms with Crippen molar-refractivity contribution in [2.45, 2.75) is 25.8 Å². The van der Waals surface area contributed by atoms with Gasteiger partial charge in [-0.05, 0) is 17.7 Å². The molecule has 0 aliphatic carbocycles. The number of hydrogen-bond donors (Lipinski definition) is 0. The first-order chi connectivity index (χ1) is 7.31. The maximum atomic E-state index is 3.83. The Bertz CT molecular complexity index is 468. The van der Waals surface area contributed by atoms with Gasteiger partial charge in [0.2, 0.25) is 0 Å². The first-order valence-corrected chi connectivity index (χ1v) is 5.70. The van der Waals surface area contributed by atoms with E-state index in [9.17, 15) is 0 Å². The van der Waals surface area contributed by atoms with Gasteiger partial charge in [0.15, 0.2) is 11.8 Å². The fraction of sp³-hybridized carbons (Fsp3) is 0.357. The molecule has 76 valence electrons. The fourth-order valence-electron chi connectivity index (χ4n) is 2.90. The van der Waals surface area contributed by atoms with Crippen LogP contribution < -0.4 is 0 Å². The summed E-state index contributed by atoms with van der Waals surface area (Å²) in [5, 5.41) is 0. The van der Waals surface area contributed by atoms with Gasteiger partial charge < -0.3 is 0 Å². The maximum Gasteiger partial charge on any atom is 0.184 e. The lowest BCUT2D eigenvalue weighted by Crippen LogP contribution is -2.11. The van der Waals surface area contributed by atoms with Gasteiger partial charge in [0, 0.05) is 25.3 Å². The molecule has 0 radical (unpaired) electrons. The molecule has 1 atom stereocenters. The number of hydrogen-bond acceptors (Lipinski definition) is 0. The topological polar surface area (TPSA) is 3.01 Å². The minimum Gasteiger partial charge on any atom is -0.226 e. The predicted molar refractivity (Wildman–Crippen MR) is 63.4 cm³/mol. The summed E-state index contributed by atoms with van der Waals surface area (Å²) in [6, 6.07) is 7.30. The number of nitrogens with zero attached hydrogens (tertiary/aromatic N) is 1. The molecule has 2 heterocycles. The zero-order valence-corrected chi connectivity index (χ0v) is 9.16. The first kappa shape index (κ1) is 8.90. The zero-order valence-electron chi connectivity index (χ0n) is 9.16. The first-order valence-electron chi connectivity index (χ1n) is 5.70. The molecule has 2 aliphatic heterocycles. The highest BCUT2D eigenvalue weighted by Crippen LogP contribution is 2.34. The lowest BCUT2D eigenvalue weighted by Gasteiger charge is -2.05. The van der Waals surface area contributed by atoms with Gasteiger partial charge in [0.1, 0.15) is 6.54 Å². The van der Waals surface area contributed by atoms with Gasteiger partial charge in [-0.1, -0.05) is 18.7 Å². The van der Waals surface area contributed by atoms with E-state index in [2.05, 4.69) is 36.3 Å². The summed E-state index contributed by atoms with van der Waals surface area (Å²) in [6.07, 6.45) is 4.51. The third kappa shape index (κ3) is 1.12. The molecule has 0 aromatic heterocycles. The van der Waals surface area contributed by atoms with Crippen LogP contribution in [0.1, 0.15) is 42.5 Å². The number of fused-ring (bicyclic) bond motifs is 2. The van der Waals surface area contributed by atoms with E-state index in [0.29, 0.717) is 6.04 Å². The Morgan fingerprint density at radius 3 is 3.13 bits per heavy atom. The van der Waals surface area contributed by atoms with E-state index in [1.807, 2.05) is 6.08 Å². The van der Waals surface area contributed by atoms with Crippen molar-refractivity contribution in [2.75, 3.05) is 6.54 Å². The van der Waals surface area contributed by atoms with Gasteiger partial charge >= 0.3 is 0 Å². The van der Waals surface area contributed by atoms with E-state index in [4.69, 9.17) is 0 Å². The summed E-state index contributed by atoms with van der Waals surface area (Å²) < 4.78 is 2.55. The van der Waals surface area contributed by atoms with Crippen molar-refractivity contribution < 1.29 is 4.58 Å². The minimum absolute atomic E-state index is 0.567. The highest BCUT2D eigenvalue weighted by Gasteiger charge is 2.38. The number of benzene rings is 1. The van der Waals surface area contributed by atoms with Crippen LogP contribution in [0, 0.1) is 0 Å². The molecule has 3 rings (SSSR count). The van der Waals surface area contributed by atoms with E-state index < -0.39 is 0 Å². The maximum absolute atomic E-state index is 3.83. The average molecular weight is 198 g/mol. The van der Waals surface area contributed by atoms with Crippen LogP contribution in [-0.4, -0.2) is 16.8 Å². The molecule has 0 amide bonds. The Morgan fingerprint density at radius 2 is 2.33 bits per heavy atom. The highest BCUT2D eigenvalue weighted by atomic mass is 15.1. The molecule has 0 saturated carbocycles. The Hall–Kier alpha value is -1.37. The van der Waals surface area contributed by atoms with E-state index in [1.165, 1.54) is 36.1 Å². The second-order valence-corrected chi connectivity index (χ2v) is 4.47. The Kier molecular flexibility index (Phi) is 1.82. The van der Waals surface area contributed by atoms with Crippen LogP contribution in [0.3, 0.4) is 0 Å². The second kappa shape index (κ2) is 3.06. The molecule has 0 saturated heterocycles. The fourth-order valence-corrected chi connectivity index (χ4v) is 2.90. The molecular formula is C14H16N+. The molecule has 0 fully saturated rings. The van der Waals surface area contributed by atoms with Crippen LogP contribution in [-0.2, 0) is 0 Å². The summed E-state index contributed by atoms with van der Waals surface area (Å²) in [5.41, 5.74) is 5.77. The van der Waals surface area contributed by atoms with Crippen LogP contribution in [0.4, 0.5) is 0 Å². The largest absolute Gasteiger partial charge is 0.226 e. The summed E-state index contributed by atoms with van der Waals surface area (Å²) in [5.74, 6) is 0. The van der Waals surface area contributed by atoms with Crippen molar-refractivity contribution in [3.63, 3.8) is 0 Å². The molecule has 1 heteroatoms. The molecule has 1 unspecified atom stereocenters. The van der Waals surface area contributed by atoms with Gasteiger partial charge in [-0.2, -0.15) is 0 Å². The SMILES string of the molecule is C=Cc1ccc2c(c1)C(C)[N+]1=C2CCC1. The van der Waals surface area contributed by atoms with Crippen molar-refractivity contribution in [1.29, 1.82) is 0 Å². The highest BCUT2D eigenvalue weighted by molar-refractivity contribution is 6.00. The molecule has 15 heavy (non-hydrogen) atoms. The molecule has 2 aliphatic rings. The minimum atomic E-state index is 0.567. The standard InChI is InChI=1S/C14H16N/c1-3-11-6-7-12-13(9-11)10(2)15-8-4-5-14(12)15/h3,6-7,9-10H,1,4-5,8H2,2H3/q+1. The Balaban J connectivity index is 2.17. The predicted octanol–water partition coefficient (Wildman–Crippen LogP) is 3.00. The molecule has 1 aromatic carbocycles. The van der Waals surface area contributed by atoms with Gasteiger partial charge in [0.05, 0.1) is 5.56 Å². The van der Waals surface area contributed by atoms with Crippen molar-refractivity contribution in [2.24, 2.45) is 0 Å². The summed E-state index contributed by atoms with van der Waals surface area (Å²) >= 11 is 0. The molecular weight excluding hydrogens is 182 g/mol. The second-order valence-electron chi connectivity index (χ2n) is 4.47. The Labute approximate surface area is 90.8 Å². The van der Waals surface area contributed by atoms with E-state index >= 15 is 0 Å². The van der Waals surface area contributed by atoms with E-state index in [-0.39, 0.29) is 0 Å². The summed E-state index contributed by atoms with van der Waals surface area (Å²) in [7, 11) is 0. The van der Waals surface area contributed by atoms with Crippen molar-refractivity contribution in [3.05, 3.63) is 41.5 Å². The van der Waals surface area contributed by atoms with E-state index in [1.54, 1.807) is 5.71 Å². The zero-order chi connectivity index (χ0) is 10.4. The normalized spacial score (nSPS) is 22.9. The number of rotatable bonds is 1. The van der Waals surface area contributed by atoms with Gasteiger partial charge in [0.25, 0.3) is 0 Å². The Morgan fingerprint density at radius 1 is 1.47 bits per heavy atom. The van der Waals surface area contributed by atoms with Gasteiger partial charge in [-0.15, -0.1) is 0 Å². The average Bonchev–Trinajstić information content (AvgIpc) is 2.83. The van der Waals surface area contributed by atoms with Gasteiger partial charge in [-0.3, -0.25) is 0 Å². The molecule has 0 N–H and O–H groups in total. The van der Waals surface area contributed by atoms with Crippen LogP contribution in [0.2, 0.25) is 0 Å². The molecule has 0 bridgehead atoms. The lowest BCUT2D eigenvalue weighted by molar-refractivity contribution is -0.556. The van der Waals surface area contributed by atoms with Crippen molar-refractivity contribution >= 4 is 11.8 Å². The van der Waals surface area contributed by atoms with Crippen LogP contribution in [0.5, 0.6) is 0 Å². The molecule has 1 nitrogen and oxygen atoms in total. The lowest BCUT2D eigenvalue weighted by atomic mass is 9.97. The third-order valence-electron chi connectivity index (χ3n) is 3.70. The van der Waals surface area contributed by atoms with Crippen LogP contribution in [0.25, 0.3) is 6.08 Å². The van der Waals surface area contributed by atoms with Gasteiger partial charge in [-0.25, -0.2) is 4.58 Å². The quantitative estimate of drug-likeness (QED) is 0.610. The smallest absolute Gasteiger partial charge is 0.184 e. The van der Waals surface area contributed by atoms with Crippen molar-refractivity contribution in [3.8, 4) is 0 Å². The molecule has 1 aromatic rings.